The van der Waals surface area contributed by atoms with E-state index in [9.17, 15) is 0 Å². The maximum Gasteiger partial charge on any atom is 0.0786 e. The van der Waals surface area contributed by atoms with Gasteiger partial charge in [-0.05, 0) is 38.5 Å². The molecular weight excluding hydrogens is 334 g/mol. The number of hydrogen-bond donors (Lipinski definition) is 0. The second-order valence-corrected chi connectivity index (χ2v) is 7.90. The molecule has 0 unspecified atom stereocenters. The topological polar surface area (TPSA) is 0 Å². The molecule has 0 saturated heterocycles. The molecule has 0 aliphatic rings. The Morgan fingerprint density at radius 1 is 0.500 bits per heavy atom. The van der Waals surface area contributed by atoms with Crippen molar-refractivity contribution in [3.05, 3.63) is 0 Å². The van der Waals surface area contributed by atoms with Crippen molar-refractivity contribution in [2.45, 2.75) is 97.8 Å². The van der Waals surface area contributed by atoms with E-state index in [-0.39, 0.29) is 0 Å². The van der Waals surface area contributed by atoms with Crippen molar-refractivity contribution in [2.24, 2.45) is 0 Å². The van der Waals surface area contributed by atoms with Gasteiger partial charge < -0.3 is 4.48 Å². The number of halogens is 1. The molecule has 0 aromatic heterocycles. The zero-order chi connectivity index (χ0) is 16.5. The maximum absolute atomic E-state index is 3.53. The van der Waals surface area contributed by atoms with E-state index in [4.69, 9.17) is 0 Å². The molecule has 0 aliphatic heterocycles. The lowest BCUT2D eigenvalue weighted by Gasteiger charge is -2.39. The van der Waals surface area contributed by atoms with Gasteiger partial charge in [0.2, 0.25) is 0 Å². The molecule has 0 aromatic carbocycles. The molecular formula is C20H43BrN+. The van der Waals surface area contributed by atoms with Crippen LogP contribution in [0.2, 0.25) is 0 Å². The summed E-state index contributed by atoms with van der Waals surface area (Å²) in [7, 11) is 0. The summed E-state index contributed by atoms with van der Waals surface area (Å²) in [4.78, 5) is 0. The Bertz CT molecular complexity index is 196. The summed E-state index contributed by atoms with van der Waals surface area (Å²) >= 11 is 3.53. The first-order chi connectivity index (χ1) is 10.7. The number of rotatable bonds is 17. The van der Waals surface area contributed by atoms with Gasteiger partial charge in [0.05, 0.1) is 26.2 Å². The zero-order valence-electron chi connectivity index (χ0n) is 15.8. The van der Waals surface area contributed by atoms with Gasteiger partial charge in [0, 0.05) is 5.33 Å². The monoisotopic (exact) mass is 376 g/mol. The third kappa shape index (κ3) is 11.9. The first kappa shape index (κ1) is 22.4. The van der Waals surface area contributed by atoms with Crippen molar-refractivity contribution in [1.29, 1.82) is 0 Å². The molecule has 0 amide bonds. The molecule has 0 atom stereocenters. The quantitative estimate of drug-likeness (QED) is 0.146. The molecule has 0 radical (unpaired) electrons. The molecule has 0 fully saturated rings. The molecule has 22 heavy (non-hydrogen) atoms. The number of quaternary nitrogens is 1. The van der Waals surface area contributed by atoms with E-state index >= 15 is 0 Å². The standard InChI is InChI=1S/C20H43BrN/c1-4-7-17-22(18-8-5-2,19-9-6-3)20-15-13-11-10-12-14-16-21/h4-20H2,1-3H3/q+1. The van der Waals surface area contributed by atoms with E-state index in [2.05, 4.69) is 36.7 Å². The lowest BCUT2D eigenvalue weighted by Crippen LogP contribution is -2.50. The molecule has 1 nitrogen and oxygen atoms in total. The van der Waals surface area contributed by atoms with Crippen LogP contribution < -0.4 is 0 Å². The van der Waals surface area contributed by atoms with Gasteiger partial charge in [-0.15, -0.1) is 0 Å². The lowest BCUT2D eigenvalue weighted by molar-refractivity contribution is -0.929. The summed E-state index contributed by atoms with van der Waals surface area (Å²) in [5.41, 5.74) is 0. The van der Waals surface area contributed by atoms with Crippen LogP contribution >= 0.6 is 15.9 Å². The van der Waals surface area contributed by atoms with Gasteiger partial charge >= 0.3 is 0 Å². The SMILES string of the molecule is CCCC[N+](CCCC)(CCCC)CCCCCCCCBr. The van der Waals surface area contributed by atoms with E-state index in [1.54, 1.807) is 0 Å². The van der Waals surface area contributed by atoms with Crippen molar-refractivity contribution in [3.8, 4) is 0 Å². The molecule has 2 heteroatoms. The largest absolute Gasteiger partial charge is 0.324 e. The summed E-state index contributed by atoms with van der Waals surface area (Å²) in [5, 5.41) is 1.18. The Hall–Kier alpha value is 0.440. The Kier molecular flexibility index (Phi) is 16.6. The summed E-state index contributed by atoms with van der Waals surface area (Å²) in [5.74, 6) is 0. The Labute approximate surface area is 150 Å². The summed E-state index contributed by atoms with van der Waals surface area (Å²) in [6, 6.07) is 0. The average Bonchev–Trinajstić information content (AvgIpc) is 2.55. The molecule has 0 spiro atoms. The van der Waals surface area contributed by atoms with E-state index in [0.717, 1.165) is 0 Å². The molecule has 0 aliphatic carbocycles. The lowest BCUT2D eigenvalue weighted by atomic mass is 10.1. The fraction of sp³-hybridized carbons (Fsp3) is 1.00. The second-order valence-electron chi connectivity index (χ2n) is 7.11. The molecule has 0 rings (SSSR count). The molecule has 0 bridgehead atoms. The van der Waals surface area contributed by atoms with Crippen molar-refractivity contribution < 1.29 is 4.48 Å². The van der Waals surface area contributed by atoms with Crippen molar-refractivity contribution in [2.75, 3.05) is 31.5 Å². The normalized spacial score (nSPS) is 12.0. The third-order valence-electron chi connectivity index (χ3n) is 4.97. The predicted molar refractivity (Wildman–Crippen MR) is 106 cm³/mol. The van der Waals surface area contributed by atoms with Gasteiger partial charge in [-0.1, -0.05) is 75.2 Å². The summed E-state index contributed by atoms with van der Waals surface area (Å²) in [6.45, 7) is 12.8. The minimum absolute atomic E-state index is 1.18. The average molecular weight is 377 g/mol. The van der Waals surface area contributed by atoms with E-state index in [0.29, 0.717) is 0 Å². The smallest absolute Gasteiger partial charge is 0.0786 e. The highest BCUT2D eigenvalue weighted by Gasteiger charge is 2.24. The van der Waals surface area contributed by atoms with Crippen LogP contribution in [0, 0.1) is 0 Å². The maximum atomic E-state index is 3.53. The molecule has 0 saturated carbocycles. The molecule has 0 N–H and O–H groups in total. The van der Waals surface area contributed by atoms with Crippen LogP contribution in [0.1, 0.15) is 97.8 Å². The number of unbranched alkanes of at least 4 members (excludes halogenated alkanes) is 8. The van der Waals surface area contributed by atoms with Gasteiger partial charge in [0.1, 0.15) is 0 Å². The van der Waals surface area contributed by atoms with Crippen LogP contribution in [0.4, 0.5) is 0 Å². The number of hydrogen-bond acceptors (Lipinski definition) is 0. The van der Waals surface area contributed by atoms with E-state index in [1.165, 1.54) is 113 Å². The number of alkyl halides is 1. The van der Waals surface area contributed by atoms with Gasteiger partial charge in [0.25, 0.3) is 0 Å². The van der Waals surface area contributed by atoms with Crippen LogP contribution in [0.3, 0.4) is 0 Å². The highest BCUT2D eigenvalue weighted by atomic mass is 79.9. The zero-order valence-corrected chi connectivity index (χ0v) is 17.4. The molecule has 0 heterocycles. The van der Waals surface area contributed by atoms with Crippen molar-refractivity contribution >= 4 is 15.9 Å². The fourth-order valence-corrected chi connectivity index (χ4v) is 3.80. The van der Waals surface area contributed by atoms with Crippen LogP contribution in [-0.4, -0.2) is 36.0 Å². The van der Waals surface area contributed by atoms with Gasteiger partial charge in [-0.25, -0.2) is 0 Å². The van der Waals surface area contributed by atoms with E-state index in [1.807, 2.05) is 0 Å². The Balaban J connectivity index is 4.21. The second kappa shape index (κ2) is 16.3. The first-order valence-corrected chi connectivity index (χ1v) is 11.3. The van der Waals surface area contributed by atoms with Crippen LogP contribution in [0.15, 0.2) is 0 Å². The molecule has 134 valence electrons. The third-order valence-corrected chi connectivity index (χ3v) is 5.53. The van der Waals surface area contributed by atoms with Crippen LogP contribution in [-0.2, 0) is 0 Å². The Morgan fingerprint density at radius 3 is 1.27 bits per heavy atom. The highest BCUT2D eigenvalue weighted by Crippen LogP contribution is 2.17. The summed E-state index contributed by atoms with van der Waals surface area (Å²) in [6.07, 6.45) is 16.8. The number of nitrogens with zero attached hydrogens (tertiary/aromatic N) is 1. The Morgan fingerprint density at radius 2 is 0.864 bits per heavy atom. The van der Waals surface area contributed by atoms with Crippen LogP contribution in [0.25, 0.3) is 0 Å². The van der Waals surface area contributed by atoms with E-state index < -0.39 is 0 Å². The minimum atomic E-state index is 1.18. The van der Waals surface area contributed by atoms with Gasteiger partial charge in [0.15, 0.2) is 0 Å². The van der Waals surface area contributed by atoms with Gasteiger partial charge in [-0.2, -0.15) is 0 Å². The predicted octanol–water partition coefficient (Wildman–Crippen LogP) is 6.94. The van der Waals surface area contributed by atoms with Crippen molar-refractivity contribution in [1.82, 2.24) is 0 Å². The minimum Gasteiger partial charge on any atom is -0.324 e. The van der Waals surface area contributed by atoms with Crippen molar-refractivity contribution in [3.63, 3.8) is 0 Å². The first-order valence-electron chi connectivity index (χ1n) is 10.2. The molecule has 0 aromatic rings. The fourth-order valence-electron chi connectivity index (χ4n) is 3.40. The highest BCUT2D eigenvalue weighted by molar-refractivity contribution is 9.09. The summed E-state index contributed by atoms with van der Waals surface area (Å²) < 4.78 is 1.43. The van der Waals surface area contributed by atoms with Gasteiger partial charge in [-0.3, -0.25) is 0 Å². The van der Waals surface area contributed by atoms with Crippen LogP contribution in [0.5, 0.6) is 0 Å².